The van der Waals surface area contributed by atoms with Crippen molar-refractivity contribution in [2.75, 3.05) is 24.7 Å². The van der Waals surface area contributed by atoms with Crippen molar-refractivity contribution in [2.24, 2.45) is 5.92 Å². The number of ketones is 1. The molecule has 50 heavy (non-hydrogen) atoms. The van der Waals surface area contributed by atoms with Crippen molar-refractivity contribution >= 4 is 63.7 Å². The Hall–Kier alpha value is -4.49. The summed E-state index contributed by atoms with van der Waals surface area (Å²) < 4.78 is 9.64. The van der Waals surface area contributed by atoms with Crippen molar-refractivity contribution in [2.45, 2.75) is 55.9 Å². The predicted molar refractivity (Wildman–Crippen MR) is 194 cm³/mol. The number of hydrogen-bond acceptors (Lipinski definition) is 11. The average Bonchev–Trinajstić information content (AvgIpc) is 3.88. The quantitative estimate of drug-likeness (QED) is 0.167. The highest BCUT2D eigenvalue weighted by molar-refractivity contribution is 8.01. The maximum absolute atomic E-state index is 12.5. The summed E-state index contributed by atoms with van der Waals surface area (Å²) in [5.74, 6) is -0.416. The molecule has 13 heteroatoms. The van der Waals surface area contributed by atoms with Crippen LogP contribution < -0.4 is 0 Å². The molecule has 3 unspecified atom stereocenters. The number of H-pyrrole nitrogens is 1. The van der Waals surface area contributed by atoms with E-state index in [1.807, 2.05) is 37.4 Å². The van der Waals surface area contributed by atoms with Crippen LogP contribution in [0.15, 0.2) is 61.1 Å². The van der Waals surface area contributed by atoms with Gasteiger partial charge in [0.25, 0.3) is 0 Å². The molecule has 1 aromatic carbocycles. The van der Waals surface area contributed by atoms with Gasteiger partial charge in [0.2, 0.25) is 0 Å². The highest BCUT2D eigenvalue weighted by Crippen LogP contribution is 2.35. The summed E-state index contributed by atoms with van der Waals surface area (Å²) in [6.45, 7) is 2.88. The van der Waals surface area contributed by atoms with Crippen LogP contribution in [-0.2, 0) is 28.7 Å². The number of Topliss-reactive ketones (excluding diaryl/α,β-unsaturated/α-hetero) is 1. The number of carbonyl (C=O) groups excluding carboxylic acids is 3. The van der Waals surface area contributed by atoms with Crippen molar-refractivity contribution in [3.63, 3.8) is 0 Å². The third kappa shape index (κ3) is 8.99. The zero-order valence-electron chi connectivity index (χ0n) is 27.6. The number of aryl methyl sites for hydroxylation is 1. The number of nitrogens with zero attached hydrogens (tertiary/aromatic N) is 3. The second-order valence-corrected chi connectivity index (χ2v) is 14.8. The number of esters is 2. The van der Waals surface area contributed by atoms with Crippen LogP contribution in [-0.4, -0.2) is 84.0 Å². The highest BCUT2D eigenvalue weighted by atomic mass is 32.2. The van der Waals surface area contributed by atoms with E-state index in [1.54, 1.807) is 6.33 Å². The Morgan fingerprint density at radius 3 is 2.34 bits per heavy atom. The smallest absolute Gasteiger partial charge is 0.319 e. The van der Waals surface area contributed by atoms with Gasteiger partial charge in [-0.1, -0.05) is 18.2 Å². The van der Waals surface area contributed by atoms with E-state index < -0.39 is 5.97 Å². The molecule has 260 valence electrons. The zero-order chi connectivity index (χ0) is 35.0. The Balaban J connectivity index is 0.000000336. The van der Waals surface area contributed by atoms with Crippen molar-refractivity contribution in [3.8, 4) is 22.6 Å². The third-order valence-corrected chi connectivity index (χ3v) is 11.3. The van der Waals surface area contributed by atoms with E-state index in [9.17, 15) is 19.2 Å². The number of rotatable bonds is 11. The Morgan fingerprint density at radius 1 is 0.940 bits per heavy atom. The van der Waals surface area contributed by atoms with Gasteiger partial charge in [-0.3, -0.25) is 29.1 Å². The first kappa shape index (κ1) is 35.3. The lowest BCUT2D eigenvalue weighted by Crippen LogP contribution is -2.16. The molecule has 0 amide bonds. The van der Waals surface area contributed by atoms with E-state index in [2.05, 4.69) is 44.0 Å². The van der Waals surface area contributed by atoms with E-state index in [1.165, 1.54) is 17.3 Å². The molecule has 1 aliphatic carbocycles. The van der Waals surface area contributed by atoms with Gasteiger partial charge in [0.1, 0.15) is 16.3 Å². The lowest BCUT2D eigenvalue weighted by atomic mass is 9.84. The van der Waals surface area contributed by atoms with Gasteiger partial charge in [0, 0.05) is 42.1 Å². The van der Waals surface area contributed by atoms with Crippen molar-refractivity contribution < 1.29 is 33.8 Å². The van der Waals surface area contributed by atoms with E-state index in [0.717, 1.165) is 75.8 Å². The Morgan fingerprint density at radius 2 is 1.68 bits per heavy atom. The van der Waals surface area contributed by atoms with Crippen LogP contribution in [0.2, 0.25) is 0 Å². The van der Waals surface area contributed by atoms with Crippen molar-refractivity contribution in [1.29, 1.82) is 0 Å². The van der Waals surface area contributed by atoms with Gasteiger partial charge in [0.15, 0.2) is 0 Å². The minimum atomic E-state index is -0.894. The molecule has 0 bridgehead atoms. The number of thioether (sulfide) groups is 2. The molecule has 3 atom stereocenters. The van der Waals surface area contributed by atoms with Crippen LogP contribution >= 0.6 is 23.5 Å². The number of pyridine rings is 2. The van der Waals surface area contributed by atoms with Crippen LogP contribution in [0.5, 0.6) is 0 Å². The number of allylic oxidation sites excluding steroid dienone is 2. The molecule has 0 spiro atoms. The summed E-state index contributed by atoms with van der Waals surface area (Å²) >= 11 is 2.56. The second kappa shape index (κ2) is 16.5. The predicted octanol–water partition coefficient (Wildman–Crippen LogP) is 6.31. The lowest BCUT2D eigenvalue weighted by Gasteiger charge is -2.22. The number of aromatic nitrogens is 4. The molecule has 0 saturated carbocycles. The first-order valence-electron chi connectivity index (χ1n) is 16.6. The van der Waals surface area contributed by atoms with Crippen molar-refractivity contribution in [1.82, 2.24) is 19.9 Å². The van der Waals surface area contributed by atoms with Gasteiger partial charge in [-0.05, 0) is 73.6 Å². The van der Waals surface area contributed by atoms with Crippen LogP contribution in [0.4, 0.5) is 0 Å². The molecule has 5 heterocycles. The average molecular weight is 715 g/mol. The molecule has 0 radical (unpaired) electrons. The van der Waals surface area contributed by atoms with Crippen LogP contribution in [0.25, 0.3) is 39.1 Å². The molecule has 4 aromatic rings. The number of nitrogens with one attached hydrogen (secondary N) is 1. The molecule has 2 aliphatic heterocycles. The number of benzene rings is 1. The Bertz CT molecular complexity index is 1930. The monoisotopic (exact) mass is 714 g/mol. The molecule has 7 rings (SSSR count). The zero-order valence-corrected chi connectivity index (χ0v) is 29.3. The molecule has 3 aromatic heterocycles. The second-order valence-electron chi connectivity index (χ2n) is 12.4. The van der Waals surface area contributed by atoms with E-state index in [0.29, 0.717) is 44.1 Å². The number of carbonyl (C=O) groups is 4. The summed E-state index contributed by atoms with van der Waals surface area (Å²) in [7, 11) is 0. The normalized spacial score (nSPS) is 20.1. The summed E-state index contributed by atoms with van der Waals surface area (Å²) in [6, 6.07) is 14.4. The number of fused-ring (bicyclic) bond motifs is 1. The fraction of sp³-hybridized carbons (Fsp3) is 0.378. The fourth-order valence-corrected chi connectivity index (χ4v) is 7.97. The van der Waals surface area contributed by atoms with Gasteiger partial charge < -0.3 is 19.6 Å². The molecule has 3 aliphatic rings. The lowest BCUT2D eigenvalue weighted by molar-refractivity contribution is -0.138. The van der Waals surface area contributed by atoms with Gasteiger partial charge in [-0.25, -0.2) is 4.98 Å². The molecule has 2 N–H and O–H groups in total. The van der Waals surface area contributed by atoms with Gasteiger partial charge in [-0.2, -0.15) is 0 Å². The Kier molecular flexibility index (Phi) is 11.6. The topological polar surface area (TPSA) is 161 Å². The van der Waals surface area contributed by atoms with Gasteiger partial charge >= 0.3 is 17.9 Å². The summed E-state index contributed by atoms with van der Waals surface area (Å²) in [5.41, 5.74) is 7.97. The minimum absolute atomic E-state index is 0.0280. The first-order chi connectivity index (χ1) is 24.2. The molecular formula is C37H38N4O7S2. The SMILES string of the molecule is Cc1cccc(-c2[nH]cnc2-c2ccc3ncc(C4=CCC(CC(=O)CSC5CCOC5=O)CC4)cc3c2)n1.O=C(O)CSC1CCOC1=O. The highest BCUT2D eigenvalue weighted by Gasteiger charge is 2.29. The van der Waals surface area contributed by atoms with E-state index >= 15 is 0 Å². The third-order valence-electron chi connectivity index (χ3n) is 8.77. The number of carboxylic acid groups (broad SMARTS) is 1. The number of cyclic esters (lactones) is 2. The first-order valence-corrected chi connectivity index (χ1v) is 18.7. The number of ether oxygens (including phenoxy) is 2. The number of aliphatic carboxylic acids is 1. The summed E-state index contributed by atoms with van der Waals surface area (Å²) in [4.78, 5) is 62.2. The van der Waals surface area contributed by atoms with Crippen LogP contribution in [0, 0.1) is 12.8 Å². The maximum Gasteiger partial charge on any atom is 0.319 e. The van der Waals surface area contributed by atoms with Gasteiger partial charge in [-0.15, -0.1) is 23.5 Å². The minimum Gasteiger partial charge on any atom is -0.481 e. The van der Waals surface area contributed by atoms with Crippen molar-refractivity contribution in [3.05, 3.63) is 72.3 Å². The van der Waals surface area contributed by atoms with E-state index in [-0.39, 0.29) is 34.0 Å². The molecule has 2 saturated heterocycles. The van der Waals surface area contributed by atoms with Gasteiger partial charge in [0.05, 0.1) is 53.6 Å². The maximum atomic E-state index is 12.5. The largest absolute Gasteiger partial charge is 0.481 e. The molecular weight excluding hydrogens is 677 g/mol. The number of aromatic amines is 1. The Labute approximate surface area is 298 Å². The fourth-order valence-electron chi connectivity index (χ4n) is 6.19. The number of imidazole rings is 1. The molecule has 2 fully saturated rings. The number of hydrogen-bond donors (Lipinski definition) is 2. The van der Waals surface area contributed by atoms with Crippen LogP contribution in [0.1, 0.15) is 49.8 Å². The summed E-state index contributed by atoms with van der Waals surface area (Å²) in [6.07, 6.45) is 10.6. The summed E-state index contributed by atoms with van der Waals surface area (Å²) in [5, 5.41) is 8.92. The standard InChI is InChI=1S/C31H30N4O3S.C6H8O4S/c1-19-3-2-4-27(35-19)30-29(33-18-34-30)22-9-10-26-23(14-22)15-24(16-32-26)21-7-5-20(6-8-21)13-25(36)17-39-28-11-12-38-31(28)37;7-5(8)3-11-4-1-2-10-6(4)9/h2-4,7,9-10,14-16,18,20,28H,5-6,8,11-13,17H2,1H3,(H,33,34);4H,1-3H2,(H,7,8). The van der Waals surface area contributed by atoms with E-state index in [4.69, 9.17) is 14.8 Å². The number of carboxylic acids is 1. The van der Waals surface area contributed by atoms with Crippen LogP contribution in [0.3, 0.4) is 0 Å². The molecule has 11 nitrogen and oxygen atoms in total.